The summed E-state index contributed by atoms with van der Waals surface area (Å²) < 4.78 is 3.54. The van der Waals surface area contributed by atoms with Crippen molar-refractivity contribution >= 4 is 11.6 Å². The molecule has 0 saturated carbocycles. The first kappa shape index (κ1) is 13.3. The lowest BCUT2D eigenvalue weighted by atomic mass is 10.2. The first-order chi connectivity index (χ1) is 10.1. The fourth-order valence-corrected chi connectivity index (χ4v) is 2.26. The molecule has 0 aliphatic carbocycles. The highest BCUT2D eigenvalue weighted by Crippen LogP contribution is 2.20. The lowest BCUT2D eigenvalue weighted by molar-refractivity contribution is 0.0696. The van der Waals surface area contributed by atoms with E-state index >= 15 is 0 Å². The number of carbonyl (C=O) groups is 1. The molecule has 0 radical (unpaired) electrons. The van der Waals surface area contributed by atoms with E-state index < -0.39 is 5.97 Å². The maximum atomic E-state index is 11.1. The fourth-order valence-electron chi connectivity index (χ4n) is 2.26. The Kier molecular flexibility index (Phi) is 3.17. The van der Waals surface area contributed by atoms with E-state index in [9.17, 15) is 4.79 Å². The standard InChI is InChI=1S/C14H15N5O2/c1-3-10-7-11(19(4-2)17-10)13-16-15-12-6-5-9(14(20)21)8-18(12)13/h5-8H,3-4H2,1-2H3,(H,20,21). The normalized spacial score (nSPS) is 11.1. The van der Waals surface area contributed by atoms with E-state index in [-0.39, 0.29) is 5.56 Å². The van der Waals surface area contributed by atoms with Gasteiger partial charge in [-0.1, -0.05) is 6.92 Å². The van der Waals surface area contributed by atoms with Gasteiger partial charge in [0.05, 0.1) is 11.3 Å². The molecular formula is C14H15N5O2. The lowest BCUT2D eigenvalue weighted by Gasteiger charge is -2.03. The summed E-state index contributed by atoms with van der Waals surface area (Å²) in [4.78, 5) is 11.1. The van der Waals surface area contributed by atoms with Gasteiger partial charge in [0.25, 0.3) is 0 Å². The molecule has 7 nitrogen and oxygen atoms in total. The largest absolute Gasteiger partial charge is 0.478 e. The molecule has 3 rings (SSSR count). The number of carboxylic acid groups (broad SMARTS) is 1. The molecule has 0 aliphatic rings. The van der Waals surface area contributed by atoms with Gasteiger partial charge in [-0.25, -0.2) is 4.79 Å². The smallest absolute Gasteiger partial charge is 0.337 e. The van der Waals surface area contributed by atoms with Gasteiger partial charge in [0.15, 0.2) is 11.5 Å². The number of carboxylic acids is 1. The van der Waals surface area contributed by atoms with Crippen LogP contribution in [0, 0.1) is 0 Å². The second-order valence-electron chi connectivity index (χ2n) is 4.66. The molecule has 21 heavy (non-hydrogen) atoms. The number of fused-ring (bicyclic) bond motifs is 1. The minimum atomic E-state index is -0.977. The maximum absolute atomic E-state index is 11.1. The molecule has 3 aromatic rings. The first-order valence-corrected chi connectivity index (χ1v) is 6.79. The van der Waals surface area contributed by atoms with Gasteiger partial charge in [-0.15, -0.1) is 10.2 Å². The SMILES string of the molecule is CCc1cc(-c2nnc3ccc(C(=O)O)cn23)n(CC)n1. The van der Waals surface area contributed by atoms with Crippen LogP contribution in [0.5, 0.6) is 0 Å². The maximum Gasteiger partial charge on any atom is 0.337 e. The van der Waals surface area contributed by atoms with Crippen molar-refractivity contribution in [2.24, 2.45) is 0 Å². The monoisotopic (exact) mass is 285 g/mol. The summed E-state index contributed by atoms with van der Waals surface area (Å²) in [5, 5.41) is 21.9. The zero-order valence-electron chi connectivity index (χ0n) is 11.8. The van der Waals surface area contributed by atoms with Crippen molar-refractivity contribution in [1.29, 1.82) is 0 Å². The van der Waals surface area contributed by atoms with Crippen LogP contribution in [0.3, 0.4) is 0 Å². The topological polar surface area (TPSA) is 85.3 Å². The van der Waals surface area contributed by atoms with Gasteiger partial charge >= 0.3 is 5.97 Å². The highest BCUT2D eigenvalue weighted by atomic mass is 16.4. The van der Waals surface area contributed by atoms with Crippen molar-refractivity contribution in [2.75, 3.05) is 0 Å². The molecule has 3 heterocycles. The first-order valence-electron chi connectivity index (χ1n) is 6.79. The van der Waals surface area contributed by atoms with E-state index in [2.05, 4.69) is 15.3 Å². The quantitative estimate of drug-likeness (QED) is 0.791. The summed E-state index contributed by atoms with van der Waals surface area (Å²) in [6, 6.07) is 5.13. The van der Waals surface area contributed by atoms with Crippen LogP contribution in [-0.4, -0.2) is 35.5 Å². The van der Waals surface area contributed by atoms with Crippen LogP contribution in [0.25, 0.3) is 17.2 Å². The van der Waals surface area contributed by atoms with Gasteiger partial charge in [-0.2, -0.15) is 5.10 Å². The summed E-state index contributed by atoms with van der Waals surface area (Å²) in [7, 11) is 0. The van der Waals surface area contributed by atoms with Crippen LogP contribution in [0.15, 0.2) is 24.4 Å². The van der Waals surface area contributed by atoms with Gasteiger partial charge < -0.3 is 5.11 Å². The van der Waals surface area contributed by atoms with E-state index in [0.717, 1.165) is 17.8 Å². The van der Waals surface area contributed by atoms with Crippen molar-refractivity contribution in [1.82, 2.24) is 24.4 Å². The predicted molar refractivity (Wildman–Crippen MR) is 76.2 cm³/mol. The molecule has 0 saturated heterocycles. The molecule has 3 aromatic heterocycles. The summed E-state index contributed by atoms with van der Waals surface area (Å²) in [6.45, 7) is 4.75. The highest BCUT2D eigenvalue weighted by molar-refractivity contribution is 5.87. The Hall–Kier alpha value is -2.70. The Bertz CT molecular complexity index is 818. The number of aryl methyl sites for hydroxylation is 2. The highest BCUT2D eigenvalue weighted by Gasteiger charge is 2.15. The van der Waals surface area contributed by atoms with Crippen LogP contribution >= 0.6 is 0 Å². The van der Waals surface area contributed by atoms with Gasteiger partial charge in [0.1, 0.15) is 5.69 Å². The molecular weight excluding hydrogens is 270 g/mol. The van der Waals surface area contributed by atoms with E-state index in [1.165, 1.54) is 12.3 Å². The molecule has 0 aromatic carbocycles. The molecule has 0 atom stereocenters. The van der Waals surface area contributed by atoms with E-state index in [0.29, 0.717) is 18.0 Å². The van der Waals surface area contributed by atoms with Crippen molar-refractivity contribution in [3.63, 3.8) is 0 Å². The van der Waals surface area contributed by atoms with E-state index in [1.54, 1.807) is 10.5 Å². The molecule has 0 amide bonds. The molecule has 0 bridgehead atoms. The van der Waals surface area contributed by atoms with Gasteiger partial charge in [-0.05, 0) is 31.5 Å². The number of aromatic carboxylic acids is 1. The van der Waals surface area contributed by atoms with Crippen molar-refractivity contribution < 1.29 is 9.90 Å². The molecule has 1 N–H and O–H groups in total. The van der Waals surface area contributed by atoms with Crippen molar-refractivity contribution in [2.45, 2.75) is 26.8 Å². The number of aromatic nitrogens is 5. The van der Waals surface area contributed by atoms with Gasteiger partial charge in [-0.3, -0.25) is 9.08 Å². The summed E-state index contributed by atoms with van der Waals surface area (Å²) in [5.41, 5.74) is 2.61. The Morgan fingerprint density at radius 2 is 2.10 bits per heavy atom. The molecule has 0 fully saturated rings. The number of nitrogens with zero attached hydrogens (tertiary/aromatic N) is 5. The summed E-state index contributed by atoms with van der Waals surface area (Å²) in [5.74, 6) is -0.378. The zero-order valence-corrected chi connectivity index (χ0v) is 11.8. The number of rotatable bonds is 4. The van der Waals surface area contributed by atoms with Gasteiger partial charge in [0, 0.05) is 12.7 Å². The number of hydrogen-bond donors (Lipinski definition) is 1. The molecule has 0 aliphatic heterocycles. The minimum Gasteiger partial charge on any atom is -0.478 e. The van der Waals surface area contributed by atoms with Crippen molar-refractivity contribution in [3.05, 3.63) is 35.7 Å². The zero-order chi connectivity index (χ0) is 15.0. The van der Waals surface area contributed by atoms with Crippen LogP contribution in [0.1, 0.15) is 29.9 Å². The number of pyridine rings is 1. The Morgan fingerprint density at radius 3 is 2.76 bits per heavy atom. The average Bonchev–Trinajstić information content (AvgIpc) is 3.09. The second kappa shape index (κ2) is 5.01. The number of hydrogen-bond acceptors (Lipinski definition) is 4. The Balaban J connectivity index is 2.22. The lowest BCUT2D eigenvalue weighted by Crippen LogP contribution is -2.03. The Morgan fingerprint density at radius 1 is 1.29 bits per heavy atom. The van der Waals surface area contributed by atoms with Gasteiger partial charge in [0.2, 0.25) is 0 Å². The van der Waals surface area contributed by atoms with E-state index in [1.807, 2.05) is 24.6 Å². The fraction of sp³-hybridized carbons (Fsp3) is 0.286. The van der Waals surface area contributed by atoms with Crippen LogP contribution in [0.4, 0.5) is 0 Å². The third kappa shape index (κ3) is 2.16. The summed E-state index contributed by atoms with van der Waals surface area (Å²) >= 11 is 0. The average molecular weight is 285 g/mol. The molecule has 0 unspecified atom stereocenters. The predicted octanol–water partition coefficient (Wildman–Crippen LogP) is 1.87. The molecule has 0 spiro atoms. The third-order valence-corrected chi connectivity index (χ3v) is 3.37. The summed E-state index contributed by atoms with van der Waals surface area (Å²) in [6.07, 6.45) is 2.36. The Labute approximate surface area is 120 Å². The second-order valence-corrected chi connectivity index (χ2v) is 4.66. The van der Waals surface area contributed by atoms with Crippen molar-refractivity contribution in [3.8, 4) is 11.5 Å². The minimum absolute atomic E-state index is 0.196. The van der Waals surface area contributed by atoms with Crippen LogP contribution in [0.2, 0.25) is 0 Å². The molecule has 108 valence electrons. The van der Waals surface area contributed by atoms with Crippen LogP contribution in [-0.2, 0) is 13.0 Å². The van der Waals surface area contributed by atoms with Crippen LogP contribution < -0.4 is 0 Å². The molecule has 7 heteroatoms. The van der Waals surface area contributed by atoms with E-state index in [4.69, 9.17) is 5.11 Å². The third-order valence-electron chi connectivity index (χ3n) is 3.37.